The Morgan fingerprint density at radius 1 is 1.43 bits per heavy atom. The third-order valence-corrected chi connectivity index (χ3v) is 3.97. The quantitative estimate of drug-likeness (QED) is 0.905. The monoisotopic (exact) mass is 291 g/mol. The Morgan fingerprint density at radius 2 is 2.19 bits per heavy atom. The van der Waals surface area contributed by atoms with E-state index in [1.807, 2.05) is 20.0 Å². The SMILES string of the molecule is CCOC(C)c1ncc2c(n1)CCC(CNC(C)(C)C)C2. The first-order valence-corrected chi connectivity index (χ1v) is 8.10. The number of hydrogen-bond donors (Lipinski definition) is 1. The molecule has 0 aliphatic heterocycles. The summed E-state index contributed by atoms with van der Waals surface area (Å²) >= 11 is 0. The van der Waals surface area contributed by atoms with E-state index in [2.05, 4.69) is 31.1 Å². The molecule has 1 N–H and O–H groups in total. The lowest BCUT2D eigenvalue weighted by atomic mass is 9.86. The van der Waals surface area contributed by atoms with Crippen LogP contribution in [0.4, 0.5) is 0 Å². The smallest absolute Gasteiger partial charge is 0.157 e. The first-order chi connectivity index (χ1) is 9.89. The van der Waals surface area contributed by atoms with Gasteiger partial charge in [-0.3, -0.25) is 0 Å². The lowest BCUT2D eigenvalue weighted by molar-refractivity contribution is 0.0697. The van der Waals surface area contributed by atoms with Crippen molar-refractivity contribution < 1.29 is 4.74 Å². The fraction of sp³-hybridized carbons (Fsp3) is 0.765. The van der Waals surface area contributed by atoms with Crippen molar-refractivity contribution in [1.29, 1.82) is 0 Å². The molecule has 1 heterocycles. The molecule has 4 heteroatoms. The summed E-state index contributed by atoms with van der Waals surface area (Å²) in [4.78, 5) is 9.22. The number of fused-ring (bicyclic) bond motifs is 1. The number of aromatic nitrogens is 2. The van der Waals surface area contributed by atoms with Crippen LogP contribution in [0.5, 0.6) is 0 Å². The molecule has 1 aliphatic carbocycles. The zero-order valence-electron chi connectivity index (χ0n) is 14.1. The highest BCUT2D eigenvalue weighted by atomic mass is 16.5. The number of rotatable bonds is 5. The summed E-state index contributed by atoms with van der Waals surface area (Å²) in [5, 5.41) is 3.61. The van der Waals surface area contributed by atoms with Gasteiger partial charge in [-0.1, -0.05) is 0 Å². The van der Waals surface area contributed by atoms with E-state index in [4.69, 9.17) is 9.72 Å². The molecule has 0 amide bonds. The fourth-order valence-corrected chi connectivity index (χ4v) is 2.74. The Kier molecular flexibility index (Phi) is 5.33. The van der Waals surface area contributed by atoms with Crippen LogP contribution in [-0.2, 0) is 17.6 Å². The van der Waals surface area contributed by atoms with Gasteiger partial charge < -0.3 is 10.1 Å². The highest BCUT2D eigenvalue weighted by Crippen LogP contribution is 2.25. The van der Waals surface area contributed by atoms with Gasteiger partial charge in [-0.2, -0.15) is 0 Å². The molecule has 21 heavy (non-hydrogen) atoms. The van der Waals surface area contributed by atoms with Gasteiger partial charge in [0.2, 0.25) is 0 Å². The van der Waals surface area contributed by atoms with Crippen LogP contribution in [0.25, 0.3) is 0 Å². The zero-order chi connectivity index (χ0) is 15.5. The molecule has 2 rings (SSSR count). The molecule has 118 valence electrons. The van der Waals surface area contributed by atoms with Gasteiger partial charge in [0.1, 0.15) is 6.10 Å². The maximum absolute atomic E-state index is 5.58. The largest absolute Gasteiger partial charge is 0.371 e. The third kappa shape index (κ3) is 4.75. The van der Waals surface area contributed by atoms with E-state index in [1.165, 1.54) is 17.7 Å². The molecule has 0 spiro atoms. The summed E-state index contributed by atoms with van der Waals surface area (Å²) in [6, 6.07) is 0. The molecular formula is C17H29N3O. The Bertz CT molecular complexity index is 468. The highest BCUT2D eigenvalue weighted by Gasteiger charge is 2.22. The van der Waals surface area contributed by atoms with Crippen molar-refractivity contribution in [3.8, 4) is 0 Å². The van der Waals surface area contributed by atoms with Crippen LogP contribution < -0.4 is 5.32 Å². The minimum absolute atomic E-state index is 0.0134. The van der Waals surface area contributed by atoms with Gasteiger partial charge in [0.15, 0.2) is 5.82 Å². The summed E-state index contributed by atoms with van der Waals surface area (Å²) in [7, 11) is 0. The predicted molar refractivity (Wildman–Crippen MR) is 85.3 cm³/mol. The molecule has 4 nitrogen and oxygen atoms in total. The fourth-order valence-electron chi connectivity index (χ4n) is 2.74. The first-order valence-electron chi connectivity index (χ1n) is 8.10. The van der Waals surface area contributed by atoms with E-state index < -0.39 is 0 Å². The Hall–Kier alpha value is -1.00. The minimum atomic E-state index is -0.0134. The topological polar surface area (TPSA) is 47.0 Å². The Morgan fingerprint density at radius 3 is 2.86 bits per heavy atom. The minimum Gasteiger partial charge on any atom is -0.371 e. The van der Waals surface area contributed by atoms with Crippen LogP contribution in [0.3, 0.4) is 0 Å². The molecule has 0 bridgehead atoms. The lowest BCUT2D eigenvalue weighted by Crippen LogP contribution is -2.40. The summed E-state index contributed by atoms with van der Waals surface area (Å²) in [6.07, 6.45) is 5.34. The van der Waals surface area contributed by atoms with Crippen molar-refractivity contribution in [2.24, 2.45) is 5.92 Å². The number of hydrogen-bond acceptors (Lipinski definition) is 4. The second kappa shape index (κ2) is 6.84. The maximum Gasteiger partial charge on any atom is 0.157 e. The van der Waals surface area contributed by atoms with E-state index in [0.717, 1.165) is 25.2 Å². The number of ether oxygens (including phenoxy) is 1. The van der Waals surface area contributed by atoms with Crippen LogP contribution in [0.15, 0.2) is 6.20 Å². The number of nitrogens with zero attached hydrogens (tertiary/aromatic N) is 2. The molecule has 2 atom stereocenters. The Balaban J connectivity index is 1.99. The van der Waals surface area contributed by atoms with Gasteiger partial charge in [-0.05, 0) is 71.9 Å². The van der Waals surface area contributed by atoms with Crippen molar-refractivity contribution in [2.45, 2.75) is 65.5 Å². The number of nitrogens with one attached hydrogen (secondary N) is 1. The molecule has 1 aromatic heterocycles. The molecular weight excluding hydrogens is 262 g/mol. The average Bonchev–Trinajstić information content (AvgIpc) is 2.44. The van der Waals surface area contributed by atoms with Crippen LogP contribution in [0, 0.1) is 5.92 Å². The van der Waals surface area contributed by atoms with Gasteiger partial charge in [0.25, 0.3) is 0 Å². The van der Waals surface area contributed by atoms with Crippen molar-refractivity contribution in [3.63, 3.8) is 0 Å². The van der Waals surface area contributed by atoms with E-state index >= 15 is 0 Å². The van der Waals surface area contributed by atoms with E-state index in [-0.39, 0.29) is 11.6 Å². The van der Waals surface area contributed by atoms with Crippen molar-refractivity contribution >= 4 is 0 Å². The second-order valence-electron chi connectivity index (χ2n) is 7.04. The van der Waals surface area contributed by atoms with Gasteiger partial charge in [0, 0.05) is 24.0 Å². The van der Waals surface area contributed by atoms with E-state index in [0.29, 0.717) is 12.5 Å². The average molecular weight is 291 g/mol. The van der Waals surface area contributed by atoms with Crippen LogP contribution in [0.1, 0.15) is 64.2 Å². The van der Waals surface area contributed by atoms with Crippen molar-refractivity contribution in [1.82, 2.24) is 15.3 Å². The van der Waals surface area contributed by atoms with Gasteiger partial charge in [-0.25, -0.2) is 9.97 Å². The maximum atomic E-state index is 5.58. The molecule has 0 aromatic carbocycles. The molecule has 0 saturated carbocycles. The summed E-state index contributed by atoms with van der Waals surface area (Å²) < 4.78 is 5.58. The third-order valence-electron chi connectivity index (χ3n) is 3.97. The molecule has 2 unspecified atom stereocenters. The summed E-state index contributed by atoms with van der Waals surface area (Å²) in [6.45, 7) is 12.4. The van der Waals surface area contributed by atoms with E-state index in [1.54, 1.807) is 0 Å². The normalized spacial score (nSPS) is 20.1. The highest BCUT2D eigenvalue weighted by molar-refractivity contribution is 5.22. The predicted octanol–water partition coefficient (Wildman–Crippen LogP) is 3.07. The Labute approximate surface area is 128 Å². The molecule has 1 aromatic rings. The van der Waals surface area contributed by atoms with Crippen molar-refractivity contribution in [2.75, 3.05) is 13.2 Å². The summed E-state index contributed by atoms with van der Waals surface area (Å²) in [5.74, 6) is 1.51. The van der Waals surface area contributed by atoms with Crippen LogP contribution in [0.2, 0.25) is 0 Å². The van der Waals surface area contributed by atoms with Crippen LogP contribution >= 0.6 is 0 Å². The number of aryl methyl sites for hydroxylation is 1. The summed E-state index contributed by atoms with van der Waals surface area (Å²) in [5.41, 5.74) is 2.72. The standard InChI is InChI=1S/C17H29N3O/c1-6-21-12(2)16-18-11-14-9-13(7-8-15(14)20-16)10-19-17(3,4)5/h11-13,19H,6-10H2,1-5H3. The van der Waals surface area contributed by atoms with Crippen LogP contribution in [-0.4, -0.2) is 28.7 Å². The molecule has 1 aliphatic rings. The zero-order valence-corrected chi connectivity index (χ0v) is 14.1. The van der Waals surface area contributed by atoms with Gasteiger partial charge in [0.05, 0.1) is 0 Å². The van der Waals surface area contributed by atoms with Crippen molar-refractivity contribution in [3.05, 3.63) is 23.3 Å². The van der Waals surface area contributed by atoms with Gasteiger partial charge in [-0.15, -0.1) is 0 Å². The van der Waals surface area contributed by atoms with Gasteiger partial charge >= 0.3 is 0 Å². The molecule has 0 radical (unpaired) electrons. The molecule has 0 fully saturated rings. The second-order valence-corrected chi connectivity index (χ2v) is 7.04. The lowest BCUT2D eigenvalue weighted by Gasteiger charge is -2.28. The van der Waals surface area contributed by atoms with E-state index in [9.17, 15) is 0 Å². The molecule has 0 saturated heterocycles. The first kappa shape index (κ1) is 16.4.